The monoisotopic (exact) mass is 962 g/mol. The van der Waals surface area contributed by atoms with Gasteiger partial charge in [0.2, 0.25) is 5.91 Å². The van der Waals surface area contributed by atoms with E-state index in [2.05, 4.69) is 31.3 Å². The minimum absolute atomic E-state index is 0.370. The Morgan fingerprint density at radius 3 is 0.853 bits per heavy atom. The summed E-state index contributed by atoms with van der Waals surface area (Å²) >= 11 is 0. The molecule has 0 saturated heterocycles. The molecule has 0 aromatic carbocycles. The maximum atomic E-state index is 12.6. The third-order valence-corrected chi connectivity index (χ3v) is 15.0. The van der Waals surface area contributed by atoms with Gasteiger partial charge in [-0.2, -0.15) is 0 Å². The molecule has 0 bridgehead atoms. The molecule has 4 unspecified atom stereocenters. The standard InChI is InChI=1S/C62H123NO5/c1-3-5-7-9-11-13-15-17-19-21-23-25-27-29-30-32-33-35-37-39-41-43-45-47-49-51-53-55-59(65)61(67)58(57-64)63-62(68)60(66)56-54-52-50-48-46-44-42-40-38-36-34-31-28-26-24-22-20-18-16-14-12-10-8-6-4-2/h31,34,58-61,64-67H,3-30,32-33,35-57H2,1-2H3,(H,63,68)/b34-31-. The van der Waals surface area contributed by atoms with Crippen LogP contribution in [0.4, 0.5) is 0 Å². The maximum Gasteiger partial charge on any atom is 0.249 e. The molecule has 5 N–H and O–H groups in total. The van der Waals surface area contributed by atoms with Gasteiger partial charge < -0.3 is 25.7 Å². The van der Waals surface area contributed by atoms with Crippen LogP contribution in [0.1, 0.15) is 348 Å². The molecule has 0 fully saturated rings. The van der Waals surface area contributed by atoms with Gasteiger partial charge in [-0.05, 0) is 38.5 Å². The minimum Gasteiger partial charge on any atom is -0.394 e. The van der Waals surface area contributed by atoms with E-state index in [1.807, 2.05) is 0 Å². The summed E-state index contributed by atoms with van der Waals surface area (Å²) < 4.78 is 0. The normalized spacial score (nSPS) is 13.7. The van der Waals surface area contributed by atoms with Gasteiger partial charge in [-0.25, -0.2) is 0 Å². The number of carbonyl (C=O) groups is 1. The fraction of sp³-hybridized carbons (Fsp3) is 0.952. The molecular formula is C62H123NO5. The van der Waals surface area contributed by atoms with Gasteiger partial charge >= 0.3 is 0 Å². The molecular weight excluding hydrogens is 839 g/mol. The lowest BCUT2D eigenvalue weighted by atomic mass is 9.99. The molecule has 0 saturated carbocycles. The number of aliphatic hydroxyl groups is 4. The van der Waals surface area contributed by atoms with E-state index < -0.39 is 36.9 Å². The Kier molecular flexibility index (Phi) is 56.2. The second-order valence-corrected chi connectivity index (χ2v) is 21.8. The zero-order valence-electron chi connectivity index (χ0n) is 46.1. The van der Waals surface area contributed by atoms with Crippen molar-refractivity contribution < 1.29 is 25.2 Å². The largest absolute Gasteiger partial charge is 0.394 e. The molecule has 406 valence electrons. The van der Waals surface area contributed by atoms with E-state index in [1.54, 1.807) is 0 Å². The van der Waals surface area contributed by atoms with Crippen LogP contribution in [-0.2, 0) is 4.79 Å². The van der Waals surface area contributed by atoms with Crippen LogP contribution in [0.3, 0.4) is 0 Å². The van der Waals surface area contributed by atoms with Crippen molar-refractivity contribution in [3.05, 3.63) is 12.2 Å². The minimum atomic E-state index is -1.26. The van der Waals surface area contributed by atoms with Crippen LogP contribution in [0.2, 0.25) is 0 Å². The van der Waals surface area contributed by atoms with Crippen molar-refractivity contribution in [3.63, 3.8) is 0 Å². The van der Waals surface area contributed by atoms with Crippen molar-refractivity contribution >= 4 is 5.91 Å². The van der Waals surface area contributed by atoms with Crippen LogP contribution in [-0.4, -0.2) is 57.3 Å². The topological polar surface area (TPSA) is 110 Å². The highest BCUT2D eigenvalue weighted by atomic mass is 16.3. The van der Waals surface area contributed by atoms with Gasteiger partial charge in [-0.1, -0.05) is 321 Å². The van der Waals surface area contributed by atoms with Crippen molar-refractivity contribution in [2.75, 3.05) is 6.61 Å². The molecule has 0 aromatic rings. The lowest BCUT2D eigenvalue weighted by Crippen LogP contribution is -2.53. The quantitative estimate of drug-likeness (QED) is 0.0308. The summed E-state index contributed by atoms with van der Waals surface area (Å²) in [7, 11) is 0. The number of hydrogen-bond acceptors (Lipinski definition) is 5. The first-order chi connectivity index (χ1) is 33.5. The van der Waals surface area contributed by atoms with Crippen molar-refractivity contribution in [1.82, 2.24) is 5.32 Å². The number of hydrogen-bond donors (Lipinski definition) is 5. The Bertz CT molecular complexity index is 990. The molecule has 0 aromatic heterocycles. The summed E-state index contributed by atoms with van der Waals surface area (Å²) in [5.74, 6) is -0.579. The molecule has 6 heteroatoms. The van der Waals surface area contributed by atoms with Gasteiger partial charge in [-0.3, -0.25) is 4.79 Å². The van der Waals surface area contributed by atoms with Gasteiger partial charge in [0.05, 0.1) is 18.8 Å². The molecule has 0 radical (unpaired) electrons. The number of unbranched alkanes of at least 4 members (excludes halogenated alkanes) is 47. The average molecular weight is 963 g/mol. The average Bonchev–Trinajstić information content (AvgIpc) is 3.34. The molecule has 68 heavy (non-hydrogen) atoms. The van der Waals surface area contributed by atoms with Crippen LogP contribution in [0.5, 0.6) is 0 Å². The van der Waals surface area contributed by atoms with E-state index in [9.17, 15) is 25.2 Å². The fourth-order valence-electron chi connectivity index (χ4n) is 10.1. The maximum absolute atomic E-state index is 12.6. The summed E-state index contributed by atoms with van der Waals surface area (Å²) in [5.41, 5.74) is 0. The zero-order chi connectivity index (χ0) is 49.5. The summed E-state index contributed by atoms with van der Waals surface area (Å²) in [6.07, 6.45) is 68.7. The number of allylic oxidation sites excluding steroid dienone is 2. The first-order valence-corrected chi connectivity index (χ1v) is 31.1. The molecule has 0 spiro atoms. The first kappa shape index (κ1) is 67.0. The summed E-state index contributed by atoms with van der Waals surface area (Å²) in [5, 5.41) is 44.1. The van der Waals surface area contributed by atoms with Gasteiger partial charge in [0.1, 0.15) is 12.2 Å². The molecule has 6 nitrogen and oxygen atoms in total. The van der Waals surface area contributed by atoms with E-state index in [4.69, 9.17) is 0 Å². The van der Waals surface area contributed by atoms with Gasteiger partial charge in [-0.15, -0.1) is 0 Å². The predicted octanol–water partition coefficient (Wildman–Crippen LogP) is 18.4. The number of carbonyl (C=O) groups excluding carboxylic acids is 1. The molecule has 4 atom stereocenters. The Morgan fingerprint density at radius 1 is 0.353 bits per heavy atom. The molecule has 0 heterocycles. The van der Waals surface area contributed by atoms with Crippen molar-refractivity contribution in [3.8, 4) is 0 Å². The van der Waals surface area contributed by atoms with E-state index >= 15 is 0 Å². The molecule has 0 aliphatic heterocycles. The summed E-state index contributed by atoms with van der Waals surface area (Å²) in [4.78, 5) is 12.6. The summed E-state index contributed by atoms with van der Waals surface area (Å²) in [6, 6.07) is -0.985. The van der Waals surface area contributed by atoms with Gasteiger partial charge in [0.15, 0.2) is 0 Å². The molecule has 0 rings (SSSR count). The summed E-state index contributed by atoms with van der Waals surface area (Å²) in [6.45, 7) is 4.10. The number of nitrogens with one attached hydrogen (secondary N) is 1. The second-order valence-electron chi connectivity index (χ2n) is 21.8. The van der Waals surface area contributed by atoms with Crippen molar-refractivity contribution in [1.29, 1.82) is 0 Å². The second kappa shape index (κ2) is 57.0. The van der Waals surface area contributed by atoms with Gasteiger partial charge in [0, 0.05) is 0 Å². The predicted molar refractivity (Wildman–Crippen MR) is 298 cm³/mol. The van der Waals surface area contributed by atoms with Crippen LogP contribution in [0, 0.1) is 0 Å². The molecule has 0 aliphatic rings. The smallest absolute Gasteiger partial charge is 0.249 e. The van der Waals surface area contributed by atoms with Crippen molar-refractivity contribution in [2.24, 2.45) is 0 Å². The van der Waals surface area contributed by atoms with Crippen LogP contribution < -0.4 is 5.32 Å². The van der Waals surface area contributed by atoms with Crippen LogP contribution in [0.25, 0.3) is 0 Å². The number of rotatable bonds is 58. The van der Waals surface area contributed by atoms with E-state index in [1.165, 1.54) is 283 Å². The van der Waals surface area contributed by atoms with Crippen LogP contribution >= 0.6 is 0 Å². The Morgan fingerprint density at radius 2 is 0.588 bits per heavy atom. The Hall–Kier alpha value is -0.950. The number of amides is 1. The molecule has 0 aliphatic carbocycles. The molecule has 1 amide bonds. The third-order valence-electron chi connectivity index (χ3n) is 15.0. The highest BCUT2D eigenvalue weighted by molar-refractivity contribution is 5.80. The SMILES string of the molecule is CCCCCCCCCCCCCC/C=C\CCCCCCCCCCCC(O)C(=O)NC(CO)C(O)C(O)CCCCCCCCCCCCCCCCCCCCCCCCCCCCC. The van der Waals surface area contributed by atoms with Gasteiger partial charge in [0.25, 0.3) is 0 Å². The lowest BCUT2D eigenvalue weighted by Gasteiger charge is -2.27. The van der Waals surface area contributed by atoms with Crippen LogP contribution in [0.15, 0.2) is 12.2 Å². The first-order valence-electron chi connectivity index (χ1n) is 31.1. The van der Waals surface area contributed by atoms with E-state index in [-0.39, 0.29) is 0 Å². The van der Waals surface area contributed by atoms with E-state index in [0.29, 0.717) is 12.8 Å². The Labute approximate surface area is 425 Å². The third kappa shape index (κ3) is 50.0. The lowest BCUT2D eigenvalue weighted by molar-refractivity contribution is -0.132. The van der Waals surface area contributed by atoms with Crippen molar-refractivity contribution in [2.45, 2.75) is 372 Å². The number of aliphatic hydroxyl groups excluding tert-OH is 4. The highest BCUT2D eigenvalue weighted by Crippen LogP contribution is 2.19. The highest BCUT2D eigenvalue weighted by Gasteiger charge is 2.28. The Balaban J connectivity index is 3.57. The fourth-order valence-corrected chi connectivity index (χ4v) is 10.1. The zero-order valence-corrected chi connectivity index (χ0v) is 46.1. The van der Waals surface area contributed by atoms with E-state index in [0.717, 1.165) is 38.5 Å².